The lowest BCUT2D eigenvalue weighted by atomic mass is 9.93. The van der Waals surface area contributed by atoms with Gasteiger partial charge in [0.05, 0.1) is 0 Å². The first-order valence-electron chi connectivity index (χ1n) is 6.87. The van der Waals surface area contributed by atoms with Gasteiger partial charge in [0.15, 0.2) is 0 Å². The largest absolute Gasteiger partial charge is 0.364 e. The molecule has 0 saturated carbocycles. The van der Waals surface area contributed by atoms with E-state index in [-0.39, 0.29) is 35.9 Å². The highest BCUT2D eigenvalue weighted by molar-refractivity contribution is 6.15. The fraction of sp³-hybridized carbons (Fsp3) is 0.643. The third-order valence-electron chi connectivity index (χ3n) is 3.75. The van der Waals surface area contributed by atoms with Crippen LogP contribution in [0.5, 0.6) is 0 Å². The van der Waals surface area contributed by atoms with Crippen molar-refractivity contribution in [2.45, 2.75) is 45.8 Å². The molecule has 1 unspecified atom stereocenters. The smallest absolute Gasteiger partial charge is 0.273 e. The highest BCUT2D eigenvalue weighted by Gasteiger charge is 2.53. The van der Waals surface area contributed by atoms with E-state index < -0.39 is 17.4 Å². The van der Waals surface area contributed by atoms with E-state index in [2.05, 4.69) is 5.32 Å². The quantitative estimate of drug-likeness (QED) is 0.779. The Labute approximate surface area is 117 Å². The van der Waals surface area contributed by atoms with Crippen LogP contribution in [0.15, 0.2) is 11.3 Å². The van der Waals surface area contributed by atoms with Crippen molar-refractivity contribution in [3.8, 4) is 0 Å². The van der Waals surface area contributed by atoms with Gasteiger partial charge in [0, 0.05) is 25.0 Å². The van der Waals surface area contributed by atoms with Crippen LogP contribution in [0.25, 0.3) is 0 Å². The number of carbonyl (C=O) groups is 3. The second-order valence-electron chi connectivity index (χ2n) is 5.85. The number of nitrogens with one attached hydrogen (secondary N) is 1. The molecular formula is C14H20N2O4. The van der Waals surface area contributed by atoms with Crippen LogP contribution < -0.4 is 5.32 Å². The summed E-state index contributed by atoms with van der Waals surface area (Å²) in [6.07, 6.45) is 1.11. The Hall–Kier alpha value is -1.69. The molecule has 2 amide bonds. The van der Waals surface area contributed by atoms with E-state index >= 15 is 0 Å². The van der Waals surface area contributed by atoms with E-state index in [0.29, 0.717) is 13.0 Å². The lowest BCUT2D eigenvalue weighted by Gasteiger charge is -2.37. The molecule has 2 rings (SSSR count). The van der Waals surface area contributed by atoms with Gasteiger partial charge >= 0.3 is 0 Å². The van der Waals surface area contributed by atoms with Crippen molar-refractivity contribution >= 4 is 17.6 Å². The van der Waals surface area contributed by atoms with Gasteiger partial charge in [-0.2, -0.15) is 0 Å². The summed E-state index contributed by atoms with van der Waals surface area (Å²) in [6.45, 7) is 5.60. The molecule has 0 aliphatic carbocycles. The van der Waals surface area contributed by atoms with E-state index in [1.54, 1.807) is 0 Å². The molecule has 20 heavy (non-hydrogen) atoms. The van der Waals surface area contributed by atoms with Crippen LogP contribution in [0.2, 0.25) is 0 Å². The molecule has 0 aromatic rings. The Balaban J connectivity index is 2.28. The summed E-state index contributed by atoms with van der Waals surface area (Å²) in [5.74, 6) is -1.09. The number of hydrogen-bond acceptors (Lipinski definition) is 4. The van der Waals surface area contributed by atoms with Gasteiger partial charge in [-0.05, 0) is 19.3 Å². The number of amides is 2. The Morgan fingerprint density at radius 1 is 1.45 bits per heavy atom. The molecule has 110 valence electrons. The van der Waals surface area contributed by atoms with Crippen molar-refractivity contribution in [2.75, 3.05) is 6.54 Å². The van der Waals surface area contributed by atoms with Gasteiger partial charge < -0.3 is 15.3 Å². The lowest BCUT2D eigenvalue weighted by molar-refractivity contribution is -0.164. The number of ketones is 1. The van der Waals surface area contributed by atoms with E-state index in [9.17, 15) is 19.5 Å². The van der Waals surface area contributed by atoms with E-state index in [4.69, 9.17) is 0 Å². The first-order valence-corrected chi connectivity index (χ1v) is 6.87. The first-order chi connectivity index (χ1) is 9.27. The molecule has 0 bridgehead atoms. The molecule has 0 spiro atoms. The summed E-state index contributed by atoms with van der Waals surface area (Å²) in [5.41, 5.74) is -1.58. The number of nitrogens with zero attached hydrogens (tertiary/aromatic N) is 1. The fourth-order valence-corrected chi connectivity index (χ4v) is 2.73. The molecule has 0 radical (unpaired) electrons. The first kappa shape index (κ1) is 14.7. The van der Waals surface area contributed by atoms with Gasteiger partial charge in [-0.25, -0.2) is 0 Å². The van der Waals surface area contributed by atoms with E-state index in [1.807, 2.05) is 13.8 Å². The third-order valence-corrected chi connectivity index (χ3v) is 3.75. The molecule has 6 nitrogen and oxygen atoms in total. The maximum Gasteiger partial charge on any atom is 0.273 e. The molecule has 6 heteroatoms. The molecule has 2 N–H and O–H groups in total. The average Bonchev–Trinajstić information content (AvgIpc) is 2.75. The van der Waals surface area contributed by atoms with Gasteiger partial charge in [0.1, 0.15) is 5.70 Å². The van der Waals surface area contributed by atoms with Crippen LogP contribution in [0.1, 0.15) is 40.0 Å². The molecule has 2 heterocycles. The van der Waals surface area contributed by atoms with Crippen LogP contribution in [0.4, 0.5) is 0 Å². The predicted octanol–water partition coefficient (Wildman–Crippen LogP) is 0.316. The summed E-state index contributed by atoms with van der Waals surface area (Å²) in [7, 11) is 0. The van der Waals surface area contributed by atoms with Crippen LogP contribution in [-0.2, 0) is 14.4 Å². The summed E-state index contributed by atoms with van der Waals surface area (Å²) >= 11 is 0. The fourth-order valence-electron chi connectivity index (χ4n) is 2.73. The van der Waals surface area contributed by atoms with Crippen molar-refractivity contribution in [3.63, 3.8) is 0 Å². The molecule has 2 aliphatic rings. The number of aliphatic hydroxyl groups is 1. The van der Waals surface area contributed by atoms with Crippen LogP contribution >= 0.6 is 0 Å². The monoisotopic (exact) mass is 280 g/mol. The zero-order chi connectivity index (χ0) is 15.1. The predicted molar refractivity (Wildman–Crippen MR) is 71.2 cm³/mol. The van der Waals surface area contributed by atoms with Gasteiger partial charge in [0.2, 0.25) is 17.4 Å². The minimum Gasteiger partial charge on any atom is -0.364 e. The van der Waals surface area contributed by atoms with Gasteiger partial charge in [-0.15, -0.1) is 0 Å². The highest BCUT2D eigenvalue weighted by atomic mass is 16.3. The molecule has 1 fully saturated rings. The SMILES string of the molecule is CC1=C(NC(=O)CC(C)C)C(=O)N2CCCC2(O)C1=O. The second-order valence-corrected chi connectivity index (χ2v) is 5.85. The molecule has 0 aromatic heterocycles. The zero-order valence-corrected chi connectivity index (χ0v) is 12.0. The Kier molecular flexibility index (Phi) is 3.69. The maximum atomic E-state index is 12.3. The average molecular weight is 280 g/mol. The molecule has 1 saturated heterocycles. The van der Waals surface area contributed by atoms with Crippen molar-refractivity contribution < 1.29 is 19.5 Å². The van der Waals surface area contributed by atoms with Gasteiger partial charge in [-0.3, -0.25) is 14.4 Å². The van der Waals surface area contributed by atoms with Gasteiger partial charge in [0.25, 0.3) is 5.91 Å². The van der Waals surface area contributed by atoms with Crippen LogP contribution in [-0.4, -0.2) is 39.9 Å². The summed E-state index contributed by atoms with van der Waals surface area (Å²) < 4.78 is 0. The van der Waals surface area contributed by atoms with Crippen molar-refractivity contribution in [3.05, 3.63) is 11.3 Å². The van der Waals surface area contributed by atoms with Crippen LogP contribution in [0.3, 0.4) is 0 Å². The standard InChI is InChI=1S/C14H20N2O4/c1-8(2)7-10(17)15-11-9(3)12(18)14(20)5-4-6-16(14)13(11)19/h8,20H,4-7H2,1-3H3,(H,15,17). The second kappa shape index (κ2) is 5.01. The number of Topliss-reactive ketones (excluding diaryl/α,β-unsaturated/α-hetero) is 1. The Morgan fingerprint density at radius 3 is 2.70 bits per heavy atom. The van der Waals surface area contributed by atoms with E-state index in [1.165, 1.54) is 6.92 Å². The number of carbonyl (C=O) groups excluding carboxylic acids is 3. The Bertz CT molecular complexity index is 509. The van der Waals surface area contributed by atoms with Crippen molar-refractivity contribution in [1.82, 2.24) is 10.2 Å². The van der Waals surface area contributed by atoms with E-state index in [0.717, 1.165) is 4.90 Å². The Morgan fingerprint density at radius 2 is 2.10 bits per heavy atom. The van der Waals surface area contributed by atoms with Crippen molar-refractivity contribution in [1.29, 1.82) is 0 Å². The number of fused-ring (bicyclic) bond motifs is 1. The maximum absolute atomic E-state index is 12.3. The minimum atomic E-state index is -1.71. The number of rotatable bonds is 3. The number of hydrogen-bond donors (Lipinski definition) is 2. The molecule has 1 atom stereocenters. The van der Waals surface area contributed by atoms with Crippen molar-refractivity contribution in [2.24, 2.45) is 5.92 Å². The van der Waals surface area contributed by atoms with Crippen LogP contribution in [0, 0.1) is 5.92 Å². The minimum absolute atomic E-state index is 0.00669. The highest BCUT2D eigenvalue weighted by Crippen LogP contribution is 2.35. The summed E-state index contributed by atoms with van der Waals surface area (Å²) in [6, 6.07) is 0. The third kappa shape index (κ3) is 2.24. The normalized spacial score (nSPS) is 26.4. The lowest BCUT2D eigenvalue weighted by Crippen LogP contribution is -2.59. The molecule has 2 aliphatic heterocycles. The topological polar surface area (TPSA) is 86.7 Å². The molecular weight excluding hydrogens is 260 g/mol. The summed E-state index contributed by atoms with van der Waals surface area (Å²) in [4.78, 5) is 37.5. The zero-order valence-electron chi connectivity index (χ0n) is 12.0. The molecule has 0 aromatic carbocycles. The summed E-state index contributed by atoms with van der Waals surface area (Å²) in [5, 5.41) is 12.9. The van der Waals surface area contributed by atoms with Gasteiger partial charge in [-0.1, -0.05) is 13.8 Å².